The molecule has 1 amide bonds. The van der Waals surface area contributed by atoms with Crippen LogP contribution < -0.4 is 5.32 Å². The van der Waals surface area contributed by atoms with Gasteiger partial charge < -0.3 is 20.3 Å². The molecule has 0 spiro atoms. The Morgan fingerprint density at radius 1 is 1.36 bits per heavy atom. The number of fused-ring (bicyclic) bond motifs is 1. The van der Waals surface area contributed by atoms with Crippen molar-refractivity contribution in [2.75, 3.05) is 7.05 Å². The van der Waals surface area contributed by atoms with E-state index in [1.54, 1.807) is 25.8 Å². The number of carbonyl (C=O) groups excluding carboxylic acids is 1. The Morgan fingerprint density at radius 3 is 2.60 bits per heavy atom. The molecule has 0 unspecified atom stereocenters. The topological polar surface area (TPSA) is 85.4 Å². The fraction of sp³-hybridized carbons (Fsp3) is 0.368. The number of carboxylic acids is 1. The molecular weight excluding hydrogens is 318 g/mol. The minimum atomic E-state index is -1.17. The van der Waals surface area contributed by atoms with Gasteiger partial charge in [0.15, 0.2) is 0 Å². The van der Waals surface area contributed by atoms with Crippen LogP contribution in [0.3, 0.4) is 0 Å². The van der Waals surface area contributed by atoms with Gasteiger partial charge in [-0.3, -0.25) is 4.79 Å². The molecule has 25 heavy (non-hydrogen) atoms. The average Bonchev–Trinajstić information content (AvgIpc) is 2.94. The van der Waals surface area contributed by atoms with Crippen LogP contribution in [-0.2, 0) is 16.0 Å². The van der Waals surface area contributed by atoms with Crippen molar-refractivity contribution in [2.24, 2.45) is 0 Å². The predicted octanol–water partition coefficient (Wildman–Crippen LogP) is 2.52. The van der Waals surface area contributed by atoms with E-state index in [2.05, 4.69) is 16.9 Å². The summed E-state index contributed by atoms with van der Waals surface area (Å²) in [5.74, 6) is -1.09. The van der Waals surface area contributed by atoms with Crippen molar-refractivity contribution < 1.29 is 14.7 Å². The number of aliphatic carboxylic acids is 1. The Labute approximate surface area is 147 Å². The van der Waals surface area contributed by atoms with Crippen molar-refractivity contribution in [1.29, 1.82) is 0 Å². The molecule has 1 heterocycles. The van der Waals surface area contributed by atoms with Gasteiger partial charge in [0.05, 0.1) is 6.04 Å². The van der Waals surface area contributed by atoms with E-state index in [1.165, 1.54) is 6.92 Å². The van der Waals surface area contributed by atoms with Gasteiger partial charge in [-0.2, -0.15) is 0 Å². The number of aromatic nitrogens is 1. The number of carboxylic acid groups (broad SMARTS) is 1. The van der Waals surface area contributed by atoms with E-state index in [9.17, 15) is 14.7 Å². The number of para-hydroxylation sites is 1. The van der Waals surface area contributed by atoms with Crippen molar-refractivity contribution >= 4 is 22.8 Å². The van der Waals surface area contributed by atoms with Gasteiger partial charge in [-0.25, -0.2) is 4.79 Å². The first kappa shape index (κ1) is 18.6. The molecule has 1 atom stereocenters. The van der Waals surface area contributed by atoms with Crippen LogP contribution in [0.2, 0.25) is 0 Å². The van der Waals surface area contributed by atoms with Gasteiger partial charge >= 0.3 is 5.97 Å². The first-order valence-electron chi connectivity index (χ1n) is 8.12. The van der Waals surface area contributed by atoms with E-state index < -0.39 is 11.5 Å². The Kier molecular flexibility index (Phi) is 5.21. The molecule has 0 fully saturated rings. The number of hydrogen-bond donors (Lipinski definition) is 3. The zero-order chi connectivity index (χ0) is 18.8. The monoisotopic (exact) mass is 343 g/mol. The summed E-state index contributed by atoms with van der Waals surface area (Å²) < 4.78 is 0. The first-order valence-corrected chi connectivity index (χ1v) is 8.12. The highest BCUT2D eigenvalue weighted by Crippen LogP contribution is 2.23. The minimum absolute atomic E-state index is 0.110. The fourth-order valence-electron chi connectivity index (χ4n) is 2.76. The number of H-pyrrole nitrogens is 1. The molecule has 2 aromatic rings. The van der Waals surface area contributed by atoms with Crippen molar-refractivity contribution in [3.05, 3.63) is 48.3 Å². The number of aromatic amines is 1. The van der Waals surface area contributed by atoms with Gasteiger partial charge in [0.1, 0.15) is 5.54 Å². The summed E-state index contributed by atoms with van der Waals surface area (Å²) in [6.07, 6.45) is 2.45. The number of likely N-dealkylation sites (N-methyl/N-ethyl adjacent to an activating group) is 1. The van der Waals surface area contributed by atoms with E-state index in [4.69, 9.17) is 0 Å². The van der Waals surface area contributed by atoms with Crippen molar-refractivity contribution in [3.63, 3.8) is 0 Å². The molecule has 2 rings (SSSR count). The molecule has 1 aromatic carbocycles. The molecule has 3 N–H and O–H groups in total. The molecule has 0 aliphatic rings. The van der Waals surface area contributed by atoms with E-state index in [1.807, 2.05) is 30.5 Å². The Morgan fingerprint density at radius 2 is 2.00 bits per heavy atom. The fourth-order valence-corrected chi connectivity index (χ4v) is 2.76. The molecule has 6 nitrogen and oxygen atoms in total. The summed E-state index contributed by atoms with van der Waals surface area (Å²) in [4.78, 5) is 28.1. The number of nitrogens with zero attached hydrogens (tertiary/aromatic N) is 1. The average molecular weight is 343 g/mol. The largest absolute Gasteiger partial charge is 0.480 e. The summed E-state index contributed by atoms with van der Waals surface area (Å²) >= 11 is 0. The molecule has 6 heteroatoms. The second-order valence-corrected chi connectivity index (χ2v) is 6.79. The molecule has 0 bridgehead atoms. The quantitative estimate of drug-likeness (QED) is 0.721. The van der Waals surface area contributed by atoms with Crippen molar-refractivity contribution in [3.8, 4) is 0 Å². The summed E-state index contributed by atoms with van der Waals surface area (Å²) in [6.45, 7) is 8.63. The van der Waals surface area contributed by atoms with Crippen LogP contribution >= 0.6 is 0 Å². The molecule has 0 aliphatic carbocycles. The van der Waals surface area contributed by atoms with Crippen LogP contribution in [0.15, 0.2) is 42.7 Å². The molecule has 134 valence electrons. The maximum absolute atomic E-state index is 11.9. The lowest BCUT2D eigenvalue weighted by Gasteiger charge is -2.33. The third-order valence-corrected chi connectivity index (χ3v) is 4.46. The second kappa shape index (κ2) is 7.01. The summed E-state index contributed by atoms with van der Waals surface area (Å²) in [5.41, 5.74) is 1.39. The van der Waals surface area contributed by atoms with Crippen molar-refractivity contribution in [1.82, 2.24) is 15.2 Å². The van der Waals surface area contributed by atoms with E-state index >= 15 is 0 Å². The van der Waals surface area contributed by atoms with Crippen LogP contribution in [0.1, 0.15) is 26.3 Å². The number of carbonyl (C=O) groups is 2. The van der Waals surface area contributed by atoms with Crippen LogP contribution in [-0.4, -0.2) is 45.5 Å². The van der Waals surface area contributed by atoms with Gasteiger partial charge in [0.25, 0.3) is 0 Å². The zero-order valence-electron chi connectivity index (χ0n) is 15.1. The smallest absolute Gasteiger partial charge is 0.328 e. The molecular formula is C19H25N3O3. The number of benzene rings is 1. The predicted molar refractivity (Wildman–Crippen MR) is 98.2 cm³/mol. The summed E-state index contributed by atoms with van der Waals surface area (Å²) in [5, 5.41) is 13.4. The molecule has 1 aromatic heterocycles. The minimum Gasteiger partial charge on any atom is -0.480 e. The second-order valence-electron chi connectivity index (χ2n) is 6.79. The van der Waals surface area contributed by atoms with Crippen LogP contribution in [0.25, 0.3) is 10.9 Å². The summed E-state index contributed by atoms with van der Waals surface area (Å²) in [7, 11) is 1.70. The standard InChI is InChI=1S/C19H25N3O3/c1-12(21-19(3,4)18(24)25)17(22(5)13(2)23)10-14-11-20-16-9-7-6-8-15(14)16/h6-9,11,17,20-21H,1,10H2,2-5H3,(H,24,25)/t17-/m1/s1. The molecule has 0 radical (unpaired) electrons. The molecule has 0 aliphatic heterocycles. The number of hydrogen-bond acceptors (Lipinski definition) is 3. The third kappa shape index (κ3) is 4.02. The van der Waals surface area contributed by atoms with Gasteiger partial charge in [-0.15, -0.1) is 0 Å². The van der Waals surface area contributed by atoms with E-state index in [-0.39, 0.29) is 11.9 Å². The third-order valence-electron chi connectivity index (χ3n) is 4.46. The van der Waals surface area contributed by atoms with Gasteiger partial charge in [-0.1, -0.05) is 24.8 Å². The van der Waals surface area contributed by atoms with Gasteiger partial charge in [0.2, 0.25) is 5.91 Å². The first-order chi connectivity index (χ1) is 11.6. The maximum atomic E-state index is 11.9. The zero-order valence-corrected chi connectivity index (χ0v) is 15.1. The van der Waals surface area contributed by atoms with Crippen LogP contribution in [0.4, 0.5) is 0 Å². The highest BCUT2D eigenvalue weighted by Gasteiger charge is 2.31. The Bertz CT molecular complexity index is 807. The highest BCUT2D eigenvalue weighted by molar-refractivity contribution is 5.83. The van der Waals surface area contributed by atoms with E-state index in [0.717, 1.165) is 16.5 Å². The number of rotatable bonds is 7. The van der Waals surface area contributed by atoms with Crippen LogP contribution in [0.5, 0.6) is 0 Å². The summed E-state index contributed by atoms with van der Waals surface area (Å²) in [6, 6.07) is 7.56. The van der Waals surface area contributed by atoms with Gasteiger partial charge in [0, 0.05) is 43.2 Å². The lowest BCUT2D eigenvalue weighted by Crippen LogP contribution is -2.51. The normalized spacial score (nSPS) is 12.6. The maximum Gasteiger partial charge on any atom is 0.328 e. The van der Waals surface area contributed by atoms with E-state index in [0.29, 0.717) is 12.1 Å². The van der Waals surface area contributed by atoms with Gasteiger partial charge in [-0.05, 0) is 25.5 Å². The van der Waals surface area contributed by atoms with Crippen molar-refractivity contribution in [2.45, 2.75) is 38.8 Å². The lowest BCUT2D eigenvalue weighted by atomic mass is 9.99. The lowest BCUT2D eigenvalue weighted by molar-refractivity contribution is -0.143. The SMILES string of the molecule is C=C(NC(C)(C)C(=O)O)[C@@H](Cc1c[nH]c2ccccc12)N(C)C(C)=O. The number of nitrogens with one attached hydrogen (secondary N) is 2. The molecule has 0 saturated heterocycles. The highest BCUT2D eigenvalue weighted by atomic mass is 16.4. The molecule has 0 saturated carbocycles. The Hall–Kier alpha value is -2.76. The Balaban J connectivity index is 2.32. The van der Waals surface area contributed by atoms with Crippen LogP contribution in [0, 0.1) is 0 Å². The number of amides is 1.